The smallest absolute Gasteiger partial charge is 0.183 e. The van der Waals surface area contributed by atoms with Crippen LogP contribution in [0.1, 0.15) is 26.3 Å². The second kappa shape index (κ2) is 5.64. The van der Waals surface area contributed by atoms with Crippen molar-refractivity contribution >= 4 is 17.6 Å². The standard InChI is InChI=1S/C18H18O4/c1-11-15(20)14(17(22)18(2,3)16(11)21)13(19)10-9-12-7-5-4-6-8-12/h4-10,19-20H,1-3H3/b10-9+,14-13+. The Hall–Kier alpha value is -2.62. The number of aliphatic hydroxyl groups is 2. The Morgan fingerprint density at radius 2 is 1.68 bits per heavy atom. The van der Waals surface area contributed by atoms with Gasteiger partial charge >= 0.3 is 0 Å². The molecule has 0 bridgehead atoms. The summed E-state index contributed by atoms with van der Waals surface area (Å²) in [6.45, 7) is 4.42. The summed E-state index contributed by atoms with van der Waals surface area (Å²) in [4.78, 5) is 24.5. The minimum absolute atomic E-state index is 0.0826. The number of aliphatic hydroxyl groups excluding tert-OH is 2. The van der Waals surface area contributed by atoms with Crippen LogP contribution in [0.25, 0.3) is 6.08 Å². The monoisotopic (exact) mass is 298 g/mol. The second-order valence-corrected chi connectivity index (χ2v) is 5.76. The van der Waals surface area contributed by atoms with E-state index in [0.29, 0.717) is 0 Å². The van der Waals surface area contributed by atoms with Gasteiger partial charge in [0.15, 0.2) is 11.6 Å². The highest BCUT2D eigenvalue weighted by Crippen LogP contribution is 2.36. The summed E-state index contributed by atoms with van der Waals surface area (Å²) < 4.78 is 0. The fourth-order valence-corrected chi connectivity index (χ4v) is 2.35. The van der Waals surface area contributed by atoms with E-state index >= 15 is 0 Å². The largest absolute Gasteiger partial charge is 0.507 e. The molecule has 1 aliphatic rings. The van der Waals surface area contributed by atoms with Crippen molar-refractivity contribution in [2.45, 2.75) is 20.8 Å². The molecule has 0 saturated carbocycles. The number of rotatable bonds is 2. The van der Waals surface area contributed by atoms with Crippen molar-refractivity contribution in [3.63, 3.8) is 0 Å². The lowest BCUT2D eigenvalue weighted by atomic mass is 9.72. The van der Waals surface area contributed by atoms with E-state index in [1.54, 1.807) is 6.08 Å². The summed E-state index contributed by atoms with van der Waals surface area (Å²) in [5, 5.41) is 20.2. The lowest BCUT2D eigenvalue weighted by molar-refractivity contribution is -0.135. The lowest BCUT2D eigenvalue weighted by Gasteiger charge is -2.28. The first-order valence-corrected chi connectivity index (χ1v) is 6.93. The van der Waals surface area contributed by atoms with Gasteiger partial charge in [0.05, 0.1) is 5.41 Å². The van der Waals surface area contributed by atoms with Crippen LogP contribution in [0.15, 0.2) is 59.1 Å². The van der Waals surface area contributed by atoms with E-state index in [1.807, 2.05) is 30.3 Å². The SMILES string of the molecule is CC1=C(O)/C(=C(O)/C=C/c2ccccc2)C(=O)C(C)(C)C1=O. The van der Waals surface area contributed by atoms with Gasteiger partial charge in [-0.25, -0.2) is 0 Å². The molecule has 0 spiro atoms. The van der Waals surface area contributed by atoms with Crippen molar-refractivity contribution in [2.24, 2.45) is 5.41 Å². The summed E-state index contributed by atoms with van der Waals surface area (Å²) in [5.41, 5.74) is -0.581. The van der Waals surface area contributed by atoms with E-state index in [0.717, 1.165) is 5.56 Å². The third kappa shape index (κ3) is 2.60. The molecule has 2 rings (SSSR count). The van der Waals surface area contributed by atoms with Gasteiger partial charge in [0, 0.05) is 5.57 Å². The molecule has 4 heteroatoms. The van der Waals surface area contributed by atoms with Crippen LogP contribution in [0, 0.1) is 5.41 Å². The van der Waals surface area contributed by atoms with Crippen molar-refractivity contribution in [3.8, 4) is 0 Å². The van der Waals surface area contributed by atoms with E-state index in [9.17, 15) is 19.8 Å². The van der Waals surface area contributed by atoms with Crippen LogP contribution in [-0.2, 0) is 9.59 Å². The minimum atomic E-state index is -1.29. The van der Waals surface area contributed by atoms with Gasteiger partial charge in [0.25, 0.3) is 0 Å². The Bertz CT molecular complexity index is 719. The molecule has 4 nitrogen and oxygen atoms in total. The average molecular weight is 298 g/mol. The molecule has 114 valence electrons. The van der Waals surface area contributed by atoms with Gasteiger partial charge in [0.1, 0.15) is 17.1 Å². The molecule has 0 amide bonds. The molecular formula is C18H18O4. The van der Waals surface area contributed by atoms with Gasteiger partial charge in [-0.05, 0) is 32.4 Å². The predicted octanol–water partition coefficient (Wildman–Crippen LogP) is 3.52. The Morgan fingerprint density at radius 3 is 2.27 bits per heavy atom. The molecule has 0 radical (unpaired) electrons. The van der Waals surface area contributed by atoms with Gasteiger partial charge in [-0.15, -0.1) is 0 Å². The maximum Gasteiger partial charge on any atom is 0.183 e. The van der Waals surface area contributed by atoms with E-state index < -0.39 is 22.7 Å². The van der Waals surface area contributed by atoms with E-state index in [2.05, 4.69) is 0 Å². The van der Waals surface area contributed by atoms with Crippen LogP contribution in [0.5, 0.6) is 0 Å². The molecule has 0 fully saturated rings. The number of carbonyl (C=O) groups is 2. The third-order valence-electron chi connectivity index (χ3n) is 3.78. The highest BCUT2D eigenvalue weighted by atomic mass is 16.3. The van der Waals surface area contributed by atoms with Gasteiger partial charge in [-0.3, -0.25) is 9.59 Å². The first-order chi connectivity index (χ1) is 10.3. The highest BCUT2D eigenvalue weighted by Gasteiger charge is 2.45. The molecule has 22 heavy (non-hydrogen) atoms. The third-order valence-corrected chi connectivity index (χ3v) is 3.78. The maximum absolute atomic E-state index is 12.4. The summed E-state index contributed by atoms with van der Waals surface area (Å²) in [5.74, 6) is -1.83. The highest BCUT2D eigenvalue weighted by molar-refractivity contribution is 6.24. The molecule has 0 aliphatic heterocycles. The zero-order chi connectivity index (χ0) is 16.5. The molecule has 0 unspecified atom stereocenters. The minimum Gasteiger partial charge on any atom is -0.507 e. The molecule has 0 atom stereocenters. The zero-order valence-corrected chi connectivity index (χ0v) is 12.8. The van der Waals surface area contributed by atoms with Gasteiger partial charge < -0.3 is 10.2 Å². The topological polar surface area (TPSA) is 74.6 Å². The maximum atomic E-state index is 12.4. The predicted molar refractivity (Wildman–Crippen MR) is 84.3 cm³/mol. The molecule has 0 heterocycles. The molecular weight excluding hydrogens is 280 g/mol. The van der Waals surface area contributed by atoms with Crippen LogP contribution in [0.2, 0.25) is 0 Å². The molecule has 1 aromatic rings. The van der Waals surface area contributed by atoms with E-state index in [1.165, 1.54) is 26.8 Å². The van der Waals surface area contributed by atoms with Gasteiger partial charge in [-0.1, -0.05) is 36.4 Å². The Labute approximate surface area is 129 Å². The fourth-order valence-electron chi connectivity index (χ4n) is 2.35. The van der Waals surface area contributed by atoms with Crippen molar-refractivity contribution < 1.29 is 19.8 Å². The average Bonchev–Trinajstić information content (AvgIpc) is 2.51. The lowest BCUT2D eigenvalue weighted by Crippen LogP contribution is -2.40. The second-order valence-electron chi connectivity index (χ2n) is 5.76. The number of benzene rings is 1. The normalized spacial score (nSPS) is 20.7. The summed E-state index contributed by atoms with van der Waals surface area (Å²) in [7, 11) is 0. The Balaban J connectivity index is 2.51. The molecule has 1 aliphatic carbocycles. The van der Waals surface area contributed by atoms with Crippen LogP contribution in [0.3, 0.4) is 0 Å². The van der Waals surface area contributed by atoms with Crippen LogP contribution >= 0.6 is 0 Å². The van der Waals surface area contributed by atoms with E-state index in [4.69, 9.17) is 0 Å². The first kappa shape index (κ1) is 15.8. The summed E-state index contributed by atoms with van der Waals surface area (Å²) >= 11 is 0. The summed E-state index contributed by atoms with van der Waals surface area (Å²) in [6, 6.07) is 9.24. The number of hydrogen-bond donors (Lipinski definition) is 2. The van der Waals surface area contributed by atoms with Crippen LogP contribution in [0.4, 0.5) is 0 Å². The van der Waals surface area contributed by atoms with Crippen molar-refractivity contribution in [3.05, 3.63) is 64.6 Å². The van der Waals surface area contributed by atoms with Crippen molar-refractivity contribution in [1.29, 1.82) is 0 Å². The molecule has 1 aromatic carbocycles. The molecule has 0 saturated heterocycles. The fraction of sp³-hybridized carbons (Fsp3) is 0.222. The number of ketones is 2. The summed E-state index contributed by atoms with van der Waals surface area (Å²) in [6.07, 6.45) is 2.97. The number of hydrogen-bond acceptors (Lipinski definition) is 4. The number of allylic oxidation sites excluding steroid dienone is 3. The van der Waals surface area contributed by atoms with Crippen LogP contribution in [-0.4, -0.2) is 21.8 Å². The van der Waals surface area contributed by atoms with E-state index in [-0.39, 0.29) is 16.9 Å². The van der Waals surface area contributed by atoms with Gasteiger partial charge in [-0.2, -0.15) is 0 Å². The quantitative estimate of drug-likeness (QED) is 0.497. The first-order valence-electron chi connectivity index (χ1n) is 6.93. The zero-order valence-electron chi connectivity index (χ0n) is 12.8. The number of Topliss-reactive ketones (excluding diaryl/α,β-unsaturated/α-hetero) is 2. The number of carbonyl (C=O) groups excluding carboxylic acids is 2. The van der Waals surface area contributed by atoms with Crippen LogP contribution < -0.4 is 0 Å². The van der Waals surface area contributed by atoms with Gasteiger partial charge in [0.2, 0.25) is 0 Å². The van der Waals surface area contributed by atoms with Crippen molar-refractivity contribution in [1.82, 2.24) is 0 Å². The van der Waals surface area contributed by atoms with Crippen molar-refractivity contribution in [2.75, 3.05) is 0 Å². The molecule has 0 aromatic heterocycles. The Kier molecular flexibility index (Phi) is 4.04. The Morgan fingerprint density at radius 1 is 1.09 bits per heavy atom. The molecule has 2 N–H and O–H groups in total.